The van der Waals surface area contributed by atoms with E-state index in [2.05, 4.69) is 11.8 Å². The lowest BCUT2D eigenvalue weighted by Crippen LogP contribution is -2.50. The molecule has 22 heavy (non-hydrogen) atoms. The van der Waals surface area contributed by atoms with Gasteiger partial charge in [-0.2, -0.15) is 13.2 Å². The Morgan fingerprint density at radius 1 is 1.05 bits per heavy atom. The first kappa shape index (κ1) is 15.9. The van der Waals surface area contributed by atoms with Gasteiger partial charge in [-0.05, 0) is 68.8 Å². The third-order valence-corrected chi connectivity index (χ3v) is 5.40. The smallest absolute Gasteiger partial charge is 0.293 e. The molecule has 1 aromatic carbocycles. The predicted molar refractivity (Wildman–Crippen MR) is 81.6 cm³/mol. The van der Waals surface area contributed by atoms with Crippen LogP contribution in [0.1, 0.15) is 56.6 Å². The van der Waals surface area contributed by atoms with Crippen molar-refractivity contribution < 1.29 is 13.2 Å². The summed E-state index contributed by atoms with van der Waals surface area (Å²) in [6, 6.07) is 6.07. The summed E-state index contributed by atoms with van der Waals surface area (Å²) >= 11 is 0. The Hall–Kier alpha value is -1.03. The minimum Gasteiger partial charge on any atom is -0.293 e. The molecule has 0 amide bonds. The molecule has 2 fully saturated rings. The molecule has 4 heteroatoms. The van der Waals surface area contributed by atoms with Crippen LogP contribution in [0.4, 0.5) is 13.2 Å². The van der Waals surface area contributed by atoms with E-state index < -0.39 is 11.7 Å². The molecule has 1 aliphatic carbocycles. The van der Waals surface area contributed by atoms with Crippen molar-refractivity contribution in [2.24, 2.45) is 5.92 Å². The minimum absolute atomic E-state index is 0.193. The molecule has 0 bridgehead atoms. The third kappa shape index (κ3) is 2.78. The summed E-state index contributed by atoms with van der Waals surface area (Å²) in [6.07, 6.45) is 2.46. The van der Waals surface area contributed by atoms with Crippen LogP contribution < -0.4 is 0 Å². The highest BCUT2D eigenvalue weighted by Gasteiger charge is 2.49. The van der Waals surface area contributed by atoms with Gasteiger partial charge in [0.1, 0.15) is 0 Å². The molecule has 1 saturated carbocycles. The van der Waals surface area contributed by atoms with Gasteiger partial charge in [-0.15, -0.1) is 0 Å². The maximum atomic E-state index is 13.1. The molecule has 1 nitrogen and oxygen atoms in total. The number of nitrogens with zero attached hydrogens (tertiary/aromatic N) is 1. The van der Waals surface area contributed by atoms with Gasteiger partial charge in [0.2, 0.25) is 0 Å². The quantitative estimate of drug-likeness (QED) is 0.738. The largest absolute Gasteiger partial charge is 0.416 e. The molecule has 1 aliphatic heterocycles. The van der Waals surface area contributed by atoms with Gasteiger partial charge in [0.25, 0.3) is 0 Å². The normalized spacial score (nSPS) is 23.3. The molecule has 1 atom stereocenters. The van der Waals surface area contributed by atoms with E-state index in [0.29, 0.717) is 5.92 Å². The summed E-state index contributed by atoms with van der Waals surface area (Å²) < 4.78 is 39.3. The lowest BCUT2D eigenvalue weighted by atomic mass is 9.79. The van der Waals surface area contributed by atoms with Gasteiger partial charge in [0.05, 0.1) is 5.56 Å². The highest BCUT2D eigenvalue weighted by molar-refractivity contribution is 5.33. The Bertz CT molecular complexity index is 515. The molecule has 122 valence electrons. The van der Waals surface area contributed by atoms with Crippen molar-refractivity contribution in [3.8, 4) is 0 Å². The van der Waals surface area contributed by atoms with Gasteiger partial charge >= 0.3 is 6.18 Å². The van der Waals surface area contributed by atoms with Crippen molar-refractivity contribution in [2.75, 3.05) is 13.1 Å². The number of benzene rings is 1. The van der Waals surface area contributed by atoms with Crippen LogP contribution in [0.2, 0.25) is 0 Å². The van der Waals surface area contributed by atoms with Gasteiger partial charge in [-0.25, -0.2) is 0 Å². The van der Waals surface area contributed by atoms with Gasteiger partial charge in [-0.3, -0.25) is 4.90 Å². The van der Waals surface area contributed by atoms with Crippen molar-refractivity contribution in [1.29, 1.82) is 0 Å². The molecule has 1 unspecified atom stereocenters. The monoisotopic (exact) mass is 311 g/mol. The zero-order chi connectivity index (χ0) is 15.8. The second-order valence-corrected chi connectivity index (χ2v) is 6.68. The lowest BCUT2D eigenvalue weighted by Gasteiger charge is -2.47. The first-order valence-electron chi connectivity index (χ1n) is 8.41. The molecule has 0 radical (unpaired) electrons. The summed E-state index contributed by atoms with van der Waals surface area (Å²) in [5, 5.41) is 0. The number of piperidine rings is 1. The average Bonchev–Trinajstić information content (AvgIpc) is 3.35. The SMILES string of the molecule is CCC(c1cccc(C(F)(F)F)c1)(C1CC1)N1CCCCC1. The van der Waals surface area contributed by atoms with Crippen LogP contribution in [0, 0.1) is 5.92 Å². The molecule has 0 aromatic heterocycles. The fourth-order valence-corrected chi connectivity index (χ4v) is 4.21. The minimum atomic E-state index is -4.26. The van der Waals surface area contributed by atoms with Gasteiger partial charge in [0, 0.05) is 5.54 Å². The van der Waals surface area contributed by atoms with Crippen molar-refractivity contribution in [3.63, 3.8) is 0 Å². The average molecular weight is 311 g/mol. The van der Waals surface area contributed by atoms with E-state index in [0.717, 1.165) is 50.8 Å². The predicted octanol–water partition coefficient (Wildman–Crippen LogP) is 5.21. The van der Waals surface area contributed by atoms with Crippen LogP contribution >= 0.6 is 0 Å². The molecule has 3 rings (SSSR count). The van der Waals surface area contributed by atoms with Crippen molar-refractivity contribution in [3.05, 3.63) is 35.4 Å². The molecule has 2 aliphatic rings. The maximum Gasteiger partial charge on any atom is 0.416 e. The number of halogens is 3. The van der Waals surface area contributed by atoms with Gasteiger partial charge < -0.3 is 0 Å². The maximum absolute atomic E-state index is 13.1. The van der Waals surface area contributed by atoms with E-state index in [1.165, 1.54) is 18.6 Å². The summed E-state index contributed by atoms with van der Waals surface area (Å²) in [6.45, 7) is 4.16. The highest BCUT2D eigenvalue weighted by atomic mass is 19.4. The van der Waals surface area contributed by atoms with E-state index in [4.69, 9.17) is 0 Å². The summed E-state index contributed by atoms with van der Waals surface area (Å²) in [7, 11) is 0. The highest BCUT2D eigenvalue weighted by Crippen LogP contribution is 2.52. The van der Waals surface area contributed by atoms with E-state index >= 15 is 0 Å². The number of rotatable bonds is 4. The van der Waals surface area contributed by atoms with Crippen molar-refractivity contribution in [2.45, 2.75) is 57.2 Å². The molecule has 1 heterocycles. The number of alkyl halides is 3. The first-order chi connectivity index (χ1) is 10.5. The Morgan fingerprint density at radius 3 is 2.23 bits per heavy atom. The molecular formula is C18H24F3N. The third-order valence-electron chi connectivity index (χ3n) is 5.40. The summed E-state index contributed by atoms with van der Waals surface area (Å²) in [5.41, 5.74) is 0.163. The van der Waals surface area contributed by atoms with Gasteiger partial charge in [-0.1, -0.05) is 25.5 Å². The number of hydrogen-bond acceptors (Lipinski definition) is 1. The number of likely N-dealkylation sites (tertiary alicyclic amines) is 1. The second kappa shape index (κ2) is 5.88. The van der Waals surface area contributed by atoms with E-state index in [-0.39, 0.29) is 5.54 Å². The summed E-state index contributed by atoms with van der Waals surface area (Å²) in [4.78, 5) is 2.48. The fraction of sp³-hybridized carbons (Fsp3) is 0.667. The van der Waals surface area contributed by atoms with Crippen LogP contribution in [0.25, 0.3) is 0 Å². The standard InChI is InChI=1S/C18H24F3N/c1-2-17(14-9-10-14,22-11-4-3-5-12-22)15-7-6-8-16(13-15)18(19,20)21/h6-8,13-14H,2-5,9-12H2,1H3. The van der Waals surface area contributed by atoms with Crippen molar-refractivity contribution >= 4 is 0 Å². The Kier molecular flexibility index (Phi) is 4.23. The Balaban J connectivity index is 2.02. The fourth-order valence-electron chi connectivity index (χ4n) is 4.21. The zero-order valence-corrected chi connectivity index (χ0v) is 13.1. The molecule has 0 N–H and O–H groups in total. The Labute approximate surface area is 130 Å². The van der Waals surface area contributed by atoms with Crippen LogP contribution in [-0.4, -0.2) is 18.0 Å². The van der Waals surface area contributed by atoms with Crippen LogP contribution in [-0.2, 0) is 11.7 Å². The van der Waals surface area contributed by atoms with Crippen LogP contribution in [0.5, 0.6) is 0 Å². The Morgan fingerprint density at radius 2 is 1.68 bits per heavy atom. The first-order valence-corrected chi connectivity index (χ1v) is 8.41. The molecule has 1 saturated heterocycles. The van der Waals surface area contributed by atoms with Gasteiger partial charge in [0.15, 0.2) is 0 Å². The molecule has 1 aromatic rings. The van der Waals surface area contributed by atoms with Crippen LogP contribution in [0.15, 0.2) is 24.3 Å². The topological polar surface area (TPSA) is 3.24 Å². The van der Waals surface area contributed by atoms with E-state index in [1.807, 2.05) is 6.07 Å². The van der Waals surface area contributed by atoms with E-state index in [9.17, 15) is 13.2 Å². The van der Waals surface area contributed by atoms with E-state index in [1.54, 1.807) is 6.07 Å². The molecule has 0 spiro atoms. The van der Waals surface area contributed by atoms with Crippen LogP contribution in [0.3, 0.4) is 0 Å². The van der Waals surface area contributed by atoms with Crippen molar-refractivity contribution in [1.82, 2.24) is 4.90 Å². The number of hydrogen-bond donors (Lipinski definition) is 0. The lowest BCUT2D eigenvalue weighted by molar-refractivity contribution is -0.137. The zero-order valence-electron chi connectivity index (χ0n) is 13.1. The second-order valence-electron chi connectivity index (χ2n) is 6.68. The molecular weight excluding hydrogens is 287 g/mol. The summed E-state index contributed by atoms with van der Waals surface area (Å²) in [5.74, 6) is 0.513.